The van der Waals surface area contributed by atoms with E-state index in [1.807, 2.05) is 10.0 Å². The van der Waals surface area contributed by atoms with E-state index >= 15 is 0 Å². The smallest absolute Gasteiger partial charge is 0.201 e. The minimum absolute atomic E-state index is 0.215. The van der Waals surface area contributed by atoms with E-state index in [0.717, 1.165) is 25.9 Å². The summed E-state index contributed by atoms with van der Waals surface area (Å²) in [6.45, 7) is 7.38. The zero-order valence-corrected chi connectivity index (χ0v) is 14.0. The fraction of sp³-hybridized carbons (Fsp3) is 0.333. The molecule has 4 rings (SSSR count). The molecule has 2 aliphatic heterocycles. The van der Waals surface area contributed by atoms with E-state index in [2.05, 4.69) is 11.6 Å². The summed E-state index contributed by atoms with van der Waals surface area (Å²) in [4.78, 5) is 5.84. The average molecular weight is 353 g/mol. The summed E-state index contributed by atoms with van der Waals surface area (Å²) < 4.78 is 20.3. The first-order chi connectivity index (χ1) is 11.0. The summed E-state index contributed by atoms with van der Waals surface area (Å²) in [5, 5.41) is 4.64. The van der Waals surface area contributed by atoms with Crippen LogP contribution in [0.4, 0.5) is 10.1 Å². The molecule has 8 heteroatoms. The van der Waals surface area contributed by atoms with E-state index in [9.17, 15) is 4.39 Å². The third-order valence-corrected chi connectivity index (χ3v) is 4.81. The highest BCUT2D eigenvalue weighted by atomic mass is 35.5. The molecule has 120 valence electrons. The number of halogens is 2. The molecule has 2 aliphatic rings. The number of hydrogen-bond donors (Lipinski definition) is 0. The lowest BCUT2D eigenvalue weighted by molar-refractivity contribution is 0.0757. The van der Waals surface area contributed by atoms with Gasteiger partial charge in [-0.05, 0) is 31.1 Å². The van der Waals surface area contributed by atoms with Crippen molar-refractivity contribution in [1.82, 2.24) is 15.0 Å². The Morgan fingerprint density at radius 2 is 2.04 bits per heavy atom. The van der Waals surface area contributed by atoms with Gasteiger partial charge in [0.15, 0.2) is 17.3 Å². The highest BCUT2D eigenvalue weighted by molar-refractivity contribution is 7.80. The Hall–Kier alpha value is -1.86. The van der Waals surface area contributed by atoms with Crippen LogP contribution in [0.15, 0.2) is 22.9 Å². The minimum atomic E-state index is -0.511. The van der Waals surface area contributed by atoms with Crippen molar-refractivity contribution in [3.63, 3.8) is 0 Å². The van der Waals surface area contributed by atoms with Gasteiger partial charge in [-0.25, -0.2) is 9.37 Å². The van der Waals surface area contributed by atoms with Gasteiger partial charge < -0.3 is 4.42 Å². The summed E-state index contributed by atoms with van der Waals surface area (Å²) >= 11 is 11.6. The van der Waals surface area contributed by atoms with Gasteiger partial charge >= 0.3 is 0 Å². The van der Waals surface area contributed by atoms with Gasteiger partial charge in [0.25, 0.3) is 0 Å². The van der Waals surface area contributed by atoms with Crippen molar-refractivity contribution in [2.45, 2.75) is 19.8 Å². The summed E-state index contributed by atoms with van der Waals surface area (Å²) in [7, 11) is 0. The van der Waals surface area contributed by atoms with Crippen LogP contribution in [0.3, 0.4) is 0 Å². The van der Waals surface area contributed by atoms with Crippen LogP contribution in [-0.4, -0.2) is 33.2 Å². The minimum Gasteiger partial charge on any atom is -0.439 e. The molecule has 0 amide bonds. The van der Waals surface area contributed by atoms with Gasteiger partial charge in [0.2, 0.25) is 5.11 Å². The highest BCUT2D eigenvalue weighted by Crippen LogP contribution is 2.40. The molecule has 1 aromatic heterocycles. The van der Waals surface area contributed by atoms with Gasteiger partial charge in [-0.2, -0.15) is 0 Å². The molecular weight excluding hydrogens is 339 g/mol. The van der Waals surface area contributed by atoms with E-state index < -0.39 is 5.82 Å². The number of aryl methyl sites for hydroxylation is 1. The number of benzene rings is 1. The number of rotatable bonds is 1. The fourth-order valence-electron chi connectivity index (χ4n) is 3.11. The molecule has 2 aromatic rings. The fourth-order valence-corrected chi connectivity index (χ4v) is 3.72. The molecule has 0 N–H and O–H groups in total. The third kappa shape index (κ3) is 2.03. The number of nitrogens with zero attached hydrogens (tertiary/aromatic N) is 4. The molecule has 0 saturated carbocycles. The van der Waals surface area contributed by atoms with Crippen LogP contribution in [0.25, 0.3) is 11.1 Å². The molecule has 0 unspecified atom stereocenters. The number of hydrogen-bond acceptors (Lipinski definition) is 4. The lowest BCUT2D eigenvalue weighted by Crippen LogP contribution is -2.42. The van der Waals surface area contributed by atoms with Crippen molar-refractivity contribution in [2.75, 3.05) is 18.0 Å². The summed E-state index contributed by atoms with van der Waals surface area (Å²) in [5.74, 6) is 0.525. The van der Waals surface area contributed by atoms with Crippen LogP contribution in [0.5, 0.6) is 0 Å². The SMILES string of the molecule is C=C1N(c2c(F)cc(Cl)c3nc(C)oc23)C(=S)N2CCCCN12. The van der Waals surface area contributed by atoms with Gasteiger partial charge in [0, 0.05) is 20.0 Å². The summed E-state index contributed by atoms with van der Waals surface area (Å²) in [6, 6.07) is 1.24. The Morgan fingerprint density at radius 3 is 2.74 bits per heavy atom. The van der Waals surface area contributed by atoms with Crippen LogP contribution in [0.1, 0.15) is 18.7 Å². The molecule has 5 nitrogen and oxygen atoms in total. The Morgan fingerprint density at radius 1 is 1.35 bits per heavy atom. The largest absolute Gasteiger partial charge is 0.439 e. The number of fused-ring (bicyclic) bond motifs is 2. The van der Waals surface area contributed by atoms with Gasteiger partial charge in [-0.3, -0.25) is 14.9 Å². The van der Waals surface area contributed by atoms with E-state index in [1.165, 1.54) is 6.07 Å². The van der Waals surface area contributed by atoms with Crippen LogP contribution in [0.2, 0.25) is 5.02 Å². The van der Waals surface area contributed by atoms with E-state index in [0.29, 0.717) is 22.3 Å². The van der Waals surface area contributed by atoms with Crippen molar-refractivity contribution in [3.8, 4) is 0 Å². The van der Waals surface area contributed by atoms with Crippen molar-refractivity contribution >= 4 is 45.7 Å². The second-order valence-electron chi connectivity index (χ2n) is 5.59. The molecule has 23 heavy (non-hydrogen) atoms. The lowest BCUT2D eigenvalue weighted by atomic mass is 10.2. The number of anilines is 1. The topological polar surface area (TPSA) is 35.8 Å². The second-order valence-corrected chi connectivity index (χ2v) is 6.36. The quantitative estimate of drug-likeness (QED) is 0.726. The molecule has 0 aliphatic carbocycles. The first-order valence-electron chi connectivity index (χ1n) is 7.32. The number of hydrazine groups is 1. The maximum absolute atomic E-state index is 14.7. The van der Waals surface area contributed by atoms with E-state index in [1.54, 1.807) is 11.8 Å². The maximum Gasteiger partial charge on any atom is 0.201 e. The van der Waals surface area contributed by atoms with Crippen LogP contribution >= 0.6 is 23.8 Å². The average Bonchev–Trinajstić information content (AvgIpc) is 3.02. The molecule has 0 bridgehead atoms. The maximum atomic E-state index is 14.7. The lowest BCUT2D eigenvalue weighted by Gasteiger charge is -2.33. The van der Waals surface area contributed by atoms with Crippen molar-refractivity contribution in [1.29, 1.82) is 0 Å². The van der Waals surface area contributed by atoms with Gasteiger partial charge in [0.1, 0.15) is 17.0 Å². The zero-order valence-electron chi connectivity index (χ0n) is 12.5. The van der Waals surface area contributed by atoms with E-state index in [-0.39, 0.29) is 16.3 Å². The van der Waals surface area contributed by atoms with Gasteiger partial charge in [-0.1, -0.05) is 18.2 Å². The number of oxazole rings is 1. The Kier molecular flexibility index (Phi) is 3.24. The Labute approximate surface area is 142 Å². The summed E-state index contributed by atoms with van der Waals surface area (Å²) in [5.41, 5.74) is 0.933. The van der Waals surface area contributed by atoms with Crippen LogP contribution < -0.4 is 4.90 Å². The molecule has 2 fully saturated rings. The first-order valence-corrected chi connectivity index (χ1v) is 8.11. The zero-order chi connectivity index (χ0) is 16.3. The van der Waals surface area contributed by atoms with Crippen LogP contribution in [-0.2, 0) is 0 Å². The molecular formula is C15H14ClFN4OS. The van der Waals surface area contributed by atoms with Crippen molar-refractivity contribution in [2.24, 2.45) is 0 Å². The summed E-state index contributed by atoms with van der Waals surface area (Å²) in [6.07, 6.45) is 2.09. The molecule has 0 radical (unpaired) electrons. The van der Waals surface area contributed by atoms with Crippen molar-refractivity contribution in [3.05, 3.63) is 35.2 Å². The molecule has 0 atom stereocenters. The molecule has 1 aromatic carbocycles. The number of thiocarbonyl (C=S) groups is 1. The van der Waals surface area contributed by atoms with Crippen molar-refractivity contribution < 1.29 is 8.81 Å². The highest BCUT2D eigenvalue weighted by Gasteiger charge is 2.40. The molecule has 0 spiro atoms. The second kappa shape index (κ2) is 5.07. The monoisotopic (exact) mass is 352 g/mol. The normalized spacial score (nSPS) is 18.3. The predicted molar refractivity (Wildman–Crippen MR) is 90.6 cm³/mol. The predicted octanol–water partition coefficient (Wildman–Crippen LogP) is 3.82. The van der Waals surface area contributed by atoms with Gasteiger partial charge in [0.05, 0.1) is 5.02 Å². The van der Waals surface area contributed by atoms with Crippen LogP contribution in [0, 0.1) is 12.7 Å². The van der Waals surface area contributed by atoms with E-state index in [4.69, 9.17) is 28.2 Å². The Balaban J connectivity index is 1.92. The molecule has 3 heterocycles. The first kappa shape index (κ1) is 14.7. The standard InChI is InChI=1S/C15H14ClFN4OS/c1-8-18-12-10(16)7-11(17)13(14(12)22-8)21-9(2)19-5-3-4-6-20(19)15(21)23/h7H,2-6H2,1H3. The number of aromatic nitrogens is 1. The van der Waals surface area contributed by atoms with Gasteiger partial charge in [-0.15, -0.1) is 0 Å². The Bertz CT molecular complexity index is 828. The molecule has 2 saturated heterocycles. The third-order valence-electron chi connectivity index (χ3n) is 4.13.